The third-order valence-electron chi connectivity index (χ3n) is 5.03. The van der Waals surface area contributed by atoms with Crippen molar-refractivity contribution in [3.63, 3.8) is 0 Å². The first-order valence-electron chi connectivity index (χ1n) is 7.72. The molecule has 0 aliphatic rings. The highest BCUT2D eigenvalue weighted by atomic mass is 28.3. The van der Waals surface area contributed by atoms with Crippen molar-refractivity contribution in [1.29, 1.82) is 0 Å². The van der Waals surface area contributed by atoms with Crippen LogP contribution < -0.4 is 10.9 Å². The maximum absolute atomic E-state index is 12.3. The minimum atomic E-state index is -1.94. The number of nitrogens with two attached hydrogens (primary N) is 1. The quantitative estimate of drug-likeness (QED) is 0.648. The van der Waals surface area contributed by atoms with Crippen LogP contribution in [0, 0.1) is 11.8 Å². The normalized spacial score (nSPS) is 16.0. The third-order valence-corrected chi connectivity index (χ3v) is 8.85. The van der Waals surface area contributed by atoms with E-state index in [-0.39, 0.29) is 17.8 Å². The van der Waals surface area contributed by atoms with Crippen LogP contribution in [-0.2, 0) is 9.53 Å². The first-order chi connectivity index (χ1) is 10.1. The van der Waals surface area contributed by atoms with Gasteiger partial charge in [-0.25, -0.2) is 0 Å². The fourth-order valence-corrected chi connectivity index (χ4v) is 5.68. The molecule has 22 heavy (non-hydrogen) atoms. The molecule has 122 valence electrons. The van der Waals surface area contributed by atoms with Gasteiger partial charge in [0.05, 0.1) is 7.11 Å². The fraction of sp³-hybridized carbons (Fsp3) is 0.500. The molecule has 0 radical (unpaired) electrons. The summed E-state index contributed by atoms with van der Waals surface area (Å²) in [7, 11) is -0.552. The highest BCUT2D eigenvalue weighted by Gasteiger charge is 2.47. The van der Waals surface area contributed by atoms with Crippen molar-refractivity contribution in [1.82, 2.24) is 0 Å². The Balaban J connectivity index is 3.22. The maximum Gasteiger partial charge on any atom is 0.326 e. The van der Waals surface area contributed by atoms with Crippen LogP contribution in [0.15, 0.2) is 42.1 Å². The van der Waals surface area contributed by atoms with E-state index < -0.39 is 13.6 Å². The molecular weight excluding hydrogens is 290 g/mol. The molecule has 0 bridgehead atoms. The minimum absolute atomic E-state index is 0.0349. The monoisotopic (exact) mass is 319 g/mol. The first kappa shape index (κ1) is 18.7. The van der Waals surface area contributed by atoms with Gasteiger partial charge in [-0.3, -0.25) is 4.79 Å². The van der Waals surface area contributed by atoms with Crippen LogP contribution in [0.2, 0.25) is 13.1 Å². The second-order valence-corrected chi connectivity index (χ2v) is 11.3. The topological polar surface area (TPSA) is 52.3 Å². The summed E-state index contributed by atoms with van der Waals surface area (Å²) in [6.07, 6.45) is 0. The molecule has 0 saturated carbocycles. The van der Waals surface area contributed by atoms with E-state index in [0.717, 1.165) is 5.20 Å². The minimum Gasteiger partial charge on any atom is -0.468 e. The van der Waals surface area contributed by atoms with Gasteiger partial charge in [0.1, 0.15) is 13.6 Å². The van der Waals surface area contributed by atoms with E-state index in [4.69, 9.17) is 10.5 Å². The van der Waals surface area contributed by atoms with Crippen molar-refractivity contribution >= 4 is 19.2 Å². The second kappa shape index (κ2) is 6.80. The van der Waals surface area contributed by atoms with Gasteiger partial charge < -0.3 is 10.5 Å². The fourth-order valence-electron chi connectivity index (χ4n) is 2.96. The Morgan fingerprint density at radius 3 is 2.14 bits per heavy atom. The summed E-state index contributed by atoms with van der Waals surface area (Å²) < 4.78 is 4.98. The van der Waals surface area contributed by atoms with Gasteiger partial charge in [-0.15, -0.1) is 6.58 Å². The highest BCUT2D eigenvalue weighted by Crippen LogP contribution is 2.34. The molecule has 0 amide bonds. The lowest BCUT2D eigenvalue weighted by Gasteiger charge is -2.41. The van der Waals surface area contributed by atoms with E-state index >= 15 is 0 Å². The maximum atomic E-state index is 12.3. The van der Waals surface area contributed by atoms with Gasteiger partial charge in [-0.2, -0.15) is 0 Å². The zero-order valence-corrected chi connectivity index (χ0v) is 15.6. The Kier molecular flexibility index (Phi) is 5.76. The zero-order valence-electron chi connectivity index (χ0n) is 14.6. The summed E-state index contributed by atoms with van der Waals surface area (Å²) >= 11 is 0. The molecular formula is C18H29NO2Si. The molecule has 0 saturated heterocycles. The number of rotatable bonds is 6. The van der Waals surface area contributed by atoms with Crippen LogP contribution in [0.5, 0.6) is 0 Å². The van der Waals surface area contributed by atoms with Crippen molar-refractivity contribution < 1.29 is 9.53 Å². The first-order valence-corrected chi connectivity index (χ1v) is 10.7. The summed E-state index contributed by atoms with van der Waals surface area (Å²) in [5, 5.41) is 2.36. The molecule has 0 spiro atoms. The molecule has 0 fully saturated rings. The van der Waals surface area contributed by atoms with Gasteiger partial charge in [0.25, 0.3) is 0 Å². The molecule has 2 N–H and O–H groups in total. The summed E-state index contributed by atoms with van der Waals surface area (Å²) in [6.45, 7) is 14.7. The number of ether oxygens (including phenoxy) is 1. The highest BCUT2D eigenvalue weighted by molar-refractivity contribution is 6.95. The van der Waals surface area contributed by atoms with Crippen LogP contribution in [0.4, 0.5) is 0 Å². The van der Waals surface area contributed by atoms with Crippen LogP contribution in [0.25, 0.3) is 0 Å². The molecule has 2 atom stereocenters. The lowest BCUT2D eigenvalue weighted by molar-refractivity contribution is -0.150. The Morgan fingerprint density at radius 2 is 1.73 bits per heavy atom. The largest absolute Gasteiger partial charge is 0.468 e. The lowest BCUT2D eigenvalue weighted by Crippen LogP contribution is -2.61. The van der Waals surface area contributed by atoms with E-state index in [2.05, 4.69) is 31.8 Å². The molecule has 0 aromatic heterocycles. The second-order valence-electron chi connectivity index (χ2n) is 6.82. The van der Waals surface area contributed by atoms with E-state index in [1.807, 2.05) is 39.0 Å². The summed E-state index contributed by atoms with van der Waals surface area (Å²) in [4.78, 5) is 12.3. The number of hydrogen-bond acceptors (Lipinski definition) is 3. The van der Waals surface area contributed by atoms with Gasteiger partial charge >= 0.3 is 5.97 Å². The summed E-state index contributed by atoms with van der Waals surface area (Å²) in [5.74, 6) is -0.553. The predicted molar refractivity (Wildman–Crippen MR) is 95.6 cm³/mol. The average molecular weight is 320 g/mol. The smallest absolute Gasteiger partial charge is 0.326 e. The number of carbonyl (C=O) groups is 1. The van der Waals surface area contributed by atoms with Crippen molar-refractivity contribution in [3.05, 3.63) is 42.1 Å². The molecule has 0 aliphatic carbocycles. The Hall–Kier alpha value is -1.39. The van der Waals surface area contributed by atoms with Crippen LogP contribution in [-0.4, -0.2) is 26.7 Å². The third kappa shape index (κ3) is 3.18. The number of hydrogen-bond donors (Lipinski definition) is 1. The number of esters is 1. The lowest BCUT2D eigenvalue weighted by atomic mass is 9.77. The van der Waals surface area contributed by atoms with Gasteiger partial charge in [0, 0.05) is 5.92 Å². The molecule has 4 heteroatoms. The van der Waals surface area contributed by atoms with E-state index in [9.17, 15) is 4.79 Å². The van der Waals surface area contributed by atoms with Gasteiger partial charge in [0.15, 0.2) is 0 Å². The standard InChI is InChI=1S/C18H29NO2Si/c1-13(2)18(19,17(20)21-5)14(3)15(4)22(6,7)16-11-9-8-10-12-16/h8-14H,4,19H2,1-3,5-7H3/t14-,18+/m0/s1. The number of benzene rings is 1. The zero-order chi connectivity index (χ0) is 17.1. The van der Waals surface area contributed by atoms with Crippen molar-refractivity contribution in [2.24, 2.45) is 17.6 Å². The summed E-state index contributed by atoms with van der Waals surface area (Å²) in [6, 6.07) is 10.4. The van der Waals surface area contributed by atoms with Gasteiger partial charge in [-0.1, -0.05) is 74.6 Å². The van der Waals surface area contributed by atoms with Gasteiger partial charge in [0.2, 0.25) is 0 Å². The Bertz CT molecular complexity index is 539. The van der Waals surface area contributed by atoms with Crippen molar-refractivity contribution in [2.75, 3.05) is 7.11 Å². The van der Waals surface area contributed by atoms with Crippen LogP contribution >= 0.6 is 0 Å². The van der Waals surface area contributed by atoms with E-state index in [0.29, 0.717) is 0 Å². The molecule has 0 heterocycles. The molecule has 1 aromatic carbocycles. The predicted octanol–water partition coefficient (Wildman–Crippen LogP) is 2.86. The molecule has 1 aromatic rings. The molecule has 3 nitrogen and oxygen atoms in total. The number of carbonyl (C=O) groups excluding carboxylic acids is 1. The summed E-state index contributed by atoms with van der Waals surface area (Å²) in [5.41, 5.74) is 5.45. The Morgan fingerprint density at radius 1 is 1.23 bits per heavy atom. The van der Waals surface area contributed by atoms with Gasteiger partial charge in [-0.05, 0) is 5.92 Å². The van der Waals surface area contributed by atoms with E-state index in [1.165, 1.54) is 12.3 Å². The van der Waals surface area contributed by atoms with Crippen LogP contribution in [0.1, 0.15) is 20.8 Å². The van der Waals surface area contributed by atoms with Crippen molar-refractivity contribution in [3.8, 4) is 0 Å². The Labute approximate surface area is 135 Å². The number of methoxy groups -OCH3 is 1. The molecule has 0 unspecified atom stereocenters. The molecule has 0 aliphatic heterocycles. The van der Waals surface area contributed by atoms with E-state index in [1.54, 1.807) is 0 Å². The van der Waals surface area contributed by atoms with Crippen LogP contribution in [0.3, 0.4) is 0 Å². The SMILES string of the molecule is C=C([C@H](C)[C@@](N)(C(=O)OC)C(C)C)[Si](C)(C)c1ccccc1. The molecule has 1 rings (SSSR count). The average Bonchev–Trinajstić information content (AvgIpc) is 2.52. The van der Waals surface area contributed by atoms with Crippen molar-refractivity contribution in [2.45, 2.75) is 39.4 Å².